The van der Waals surface area contributed by atoms with Crippen LogP contribution in [0.1, 0.15) is 33.9 Å². The molecule has 202 valence electrons. The van der Waals surface area contributed by atoms with Crippen molar-refractivity contribution in [2.24, 2.45) is 0 Å². The summed E-state index contributed by atoms with van der Waals surface area (Å²) in [5, 5.41) is 62.0. The van der Waals surface area contributed by atoms with Crippen LogP contribution >= 0.6 is 0 Å². The summed E-state index contributed by atoms with van der Waals surface area (Å²) >= 11 is 0. The summed E-state index contributed by atoms with van der Waals surface area (Å²) < 4.78 is 16.8. The summed E-state index contributed by atoms with van der Waals surface area (Å²) in [5.41, 5.74) is -0.303. The fraction of sp³-hybridized carbons (Fsp3) is 0.100. The summed E-state index contributed by atoms with van der Waals surface area (Å²) in [6, 6.07) is 13.7. The van der Waals surface area contributed by atoms with Gasteiger partial charge in [0, 0.05) is 23.8 Å². The lowest BCUT2D eigenvalue weighted by Gasteiger charge is -2.29. The van der Waals surface area contributed by atoms with Crippen molar-refractivity contribution in [3.8, 4) is 51.7 Å². The Morgan fingerprint density at radius 1 is 0.750 bits per heavy atom. The fourth-order valence-electron chi connectivity index (χ4n) is 5.50. The molecule has 0 fully saturated rings. The second-order valence-electron chi connectivity index (χ2n) is 9.46. The average molecular weight is 542 g/mol. The Balaban J connectivity index is 1.61. The molecule has 2 aliphatic rings. The molecule has 6 N–H and O–H groups in total. The quantitative estimate of drug-likeness (QED) is 0.123. The Kier molecular flexibility index (Phi) is 5.44. The Hall–Kier alpha value is -5.51. The van der Waals surface area contributed by atoms with E-state index in [0.717, 1.165) is 6.07 Å². The molecule has 0 bridgehead atoms. The van der Waals surface area contributed by atoms with Gasteiger partial charge in [-0.05, 0) is 47.0 Å². The third-order valence-electron chi connectivity index (χ3n) is 7.06. The van der Waals surface area contributed by atoms with Crippen LogP contribution in [0, 0.1) is 0 Å². The summed E-state index contributed by atoms with van der Waals surface area (Å²) in [6.07, 6.45) is 1.98. The monoisotopic (exact) mass is 542 g/mol. The summed E-state index contributed by atoms with van der Waals surface area (Å²) in [4.78, 5) is 13.9. The predicted octanol–water partition coefficient (Wildman–Crippen LogP) is 4.44. The molecule has 6 rings (SSSR count). The normalized spacial score (nSPS) is 18.9. The number of hydrogen-bond acceptors (Lipinski definition) is 10. The van der Waals surface area contributed by atoms with Gasteiger partial charge in [0.2, 0.25) is 5.75 Å². The lowest BCUT2D eigenvalue weighted by Crippen LogP contribution is -2.40. The van der Waals surface area contributed by atoms with Crippen molar-refractivity contribution in [1.29, 1.82) is 0 Å². The molecule has 0 radical (unpaired) electrons. The lowest BCUT2D eigenvalue weighted by molar-refractivity contribution is -0.139. The summed E-state index contributed by atoms with van der Waals surface area (Å²) in [6.45, 7) is 0. The molecule has 0 unspecified atom stereocenters. The van der Waals surface area contributed by atoms with Crippen LogP contribution in [0.2, 0.25) is 0 Å². The molecule has 0 saturated heterocycles. The maximum atomic E-state index is 13.9. The van der Waals surface area contributed by atoms with E-state index in [4.69, 9.17) is 14.2 Å². The minimum absolute atomic E-state index is 0.0113. The zero-order valence-electron chi connectivity index (χ0n) is 20.8. The van der Waals surface area contributed by atoms with Gasteiger partial charge in [0.05, 0.1) is 12.7 Å². The molecule has 4 aromatic rings. The maximum Gasteiger partial charge on any atom is 0.331 e. The van der Waals surface area contributed by atoms with Crippen LogP contribution in [0.5, 0.6) is 51.7 Å². The Morgan fingerprint density at radius 2 is 1.40 bits per heavy atom. The number of ether oxygens (including phenoxy) is 3. The highest BCUT2D eigenvalue weighted by Gasteiger charge is 2.64. The van der Waals surface area contributed by atoms with Gasteiger partial charge in [-0.3, -0.25) is 4.79 Å². The van der Waals surface area contributed by atoms with Gasteiger partial charge in [-0.1, -0.05) is 24.3 Å². The number of carbonyl (C=O) groups excluding carboxylic acids is 1. The molecular formula is C30H22O10. The van der Waals surface area contributed by atoms with Crippen molar-refractivity contribution in [3.63, 3.8) is 0 Å². The first kappa shape index (κ1) is 24.8. The molecule has 0 aromatic heterocycles. The van der Waals surface area contributed by atoms with Gasteiger partial charge >= 0.3 is 5.97 Å². The molecule has 0 amide bonds. The van der Waals surface area contributed by atoms with Crippen LogP contribution in [-0.2, 0) is 10.2 Å². The van der Waals surface area contributed by atoms with Crippen LogP contribution in [0.3, 0.4) is 0 Å². The van der Waals surface area contributed by atoms with E-state index in [1.54, 1.807) is 18.2 Å². The first-order valence-electron chi connectivity index (χ1n) is 12.0. The highest BCUT2D eigenvalue weighted by atomic mass is 16.6. The highest BCUT2D eigenvalue weighted by molar-refractivity contribution is 6.00. The second-order valence-corrected chi connectivity index (χ2v) is 9.46. The minimum atomic E-state index is -1.78. The Labute approximate surface area is 226 Å². The third kappa shape index (κ3) is 3.53. The molecular weight excluding hydrogens is 520 g/mol. The number of esters is 1. The van der Waals surface area contributed by atoms with Gasteiger partial charge in [-0.2, -0.15) is 0 Å². The molecule has 10 nitrogen and oxygen atoms in total. The van der Waals surface area contributed by atoms with E-state index in [1.807, 2.05) is 0 Å². The number of methoxy groups -OCH3 is 1. The topological polar surface area (TPSA) is 166 Å². The van der Waals surface area contributed by atoms with Crippen LogP contribution in [0.25, 0.3) is 12.2 Å². The largest absolute Gasteiger partial charge is 0.508 e. The number of phenols is 6. The van der Waals surface area contributed by atoms with E-state index in [0.29, 0.717) is 16.7 Å². The third-order valence-corrected chi connectivity index (χ3v) is 7.06. The molecule has 0 saturated carbocycles. The zero-order chi connectivity index (χ0) is 28.3. The summed E-state index contributed by atoms with van der Waals surface area (Å²) in [5.74, 6) is -2.32. The fourth-order valence-corrected chi connectivity index (χ4v) is 5.50. The second kappa shape index (κ2) is 8.77. The number of aromatic hydroxyl groups is 6. The van der Waals surface area contributed by atoms with Crippen molar-refractivity contribution in [2.75, 3.05) is 7.11 Å². The van der Waals surface area contributed by atoms with E-state index in [2.05, 4.69) is 0 Å². The van der Waals surface area contributed by atoms with Gasteiger partial charge in [-0.15, -0.1) is 0 Å². The number of rotatable bonds is 4. The van der Waals surface area contributed by atoms with E-state index >= 15 is 0 Å². The van der Waals surface area contributed by atoms with Gasteiger partial charge in [0.25, 0.3) is 0 Å². The van der Waals surface area contributed by atoms with Crippen molar-refractivity contribution in [1.82, 2.24) is 0 Å². The van der Waals surface area contributed by atoms with Crippen LogP contribution in [0.4, 0.5) is 0 Å². The number of phenolic OH excluding ortho intramolecular Hbond substituents is 6. The molecule has 2 atom stereocenters. The molecule has 10 heteroatoms. The smallest absolute Gasteiger partial charge is 0.331 e. The average Bonchev–Trinajstić information content (AvgIpc) is 3.37. The van der Waals surface area contributed by atoms with Crippen molar-refractivity contribution >= 4 is 18.1 Å². The van der Waals surface area contributed by atoms with E-state index in [-0.39, 0.29) is 57.1 Å². The Bertz CT molecular complexity index is 1700. The lowest BCUT2D eigenvalue weighted by atomic mass is 9.68. The molecule has 4 aromatic carbocycles. The van der Waals surface area contributed by atoms with Crippen LogP contribution in [-0.4, -0.2) is 43.7 Å². The number of carbonyl (C=O) groups is 1. The highest BCUT2D eigenvalue weighted by Crippen LogP contribution is 2.63. The van der Waals surface area contributed by atoms with Crippen molar-refractivity contribution < 1.29 is 49.6 Å². The van der Waals surface area contributed by atoms with E-state index in [1.165, 1.54) is 55.7 Å². The van der Waals surface area contributed by atoms with Gasteiger partial charge < -0.3 is 44.8 Å². The number of fused-ring (bicyclic) bond motifs is 4. The Morgan fingerprint density at radius 3 is 2.08 bits per heavy atom. The predicted molar refractivity (Wildman–Crippen MR) is 141 cm³/mol. The standard InChI is InChI=1S/C30H22O10/c1-38-27-21(35)8-14(9-22(27)36)2-3-16-10-18(32)12-23-25(16)30(29(37)40-23)26-20(34)11-19(33)13-24(26)39-28(30)15-4-6-17(31)7-5-15/h2-13,28,31-36H,1H3/b3-2+/t28-,30-/m1/s1. The van der Waals surface area contributed by atoms with E-state index in [9.17, 15) is 35.4 Å². The SMILES string of the molecule is COc1c(O)cc(/C=C/c2cc(O)cc3c2[C@@]2(C(=O)O3)c3c(O)cc(O)cc3O[C@@H]2c2ccc(O)cc2)cc1O. The van der Waals surface area contributed by atoms with Crippen LogP contribution < -0.4 is 14.2 Å². The van der Waals surface area contributed by atoms with Gasteiger partial charge in [0.1, 0.15) is 40.6 Å². The minimum Gasteiger partial charge on any atom is -0.508 e. The molecule has 40 heavy (non-hydrogen) atoms. The molecule has 1 spiro atoms. The van der Waals surface area contributed by atoms with Crippen LogP contribution in [0.15, 0.2) is 60.7 Å². The van der Waals surface area contributed by atoms with Crippen molar-refractivity contribution in [2.45, 2.75) is 11.5 Å². The zero-order valence-corrected chi connectivity index (χ0v) is 20.8. The van der Waals surface area contributed by atoms with Gasteiger partial charge in [0.15, 0.2) is 16.9 Å². The molecule has 2 aliphatic heterocycles. The first-order valence-corrected chi connectivity index (χ1v) is 12.0. The first-order chi connectivity index (χ1) is 19.1. The van der Waals surface area contributed by atoms with Gasteiger partial charge in [-0.25, -0.2) is 0 Å². The van der Waals surface area contributed by atoms with Crippen molar-refractivity contribution in [3.05, 3.63) is 88.5 Å². The molecule has 2 heterocycles. The number of benzene rings is 4. The molecule has 0 aliphatic carbocycles. The maximum absolute atomic E-state index is 13.9. The summed E-state index contributed by atoms with van der Waals surface area (Å²) in [7, 11) is 1.30. The number of hydrogen-bond donors (Lipinski definition) is 6. The van der Waals surface area contributed by atoms with E-state index < -0.39 is 23.2 Å².